The fourth-order valence-electron chi connectivity index (χ4n) is 3.50. The van der Waals surface area contributed by atoms with Gasteiger partial charge in [0, 0.05) is 24.1 Å². The second-order valence-electron chi connectivity index (χ2n) is 8.19. The fourth-order valence-corrected chi connectivity index (χ4v) is 5.23. The summed E-state index contributed by atoms with van der Waals surface area (Å²) in [6.07, 6.45) is 3.47. The standard InChI is InChI=1S/C22H21Cl2N3O6S/c1-22(2)18(17(19(22)28)34(3)33)26-15(21(30)31)8-11-4-6-12(7-5-11)25-20(29)16-13(23)9-27(32)10-14(16)24/h4-7,9-10,15,26H,8H2,1-3H3,(H,25,29)(H,30,31)/t15-,34?/m0/s1. The number of amides is 1. The molecule has 1 aliphatic rings. The van der Waals surface area contributed by atoms with E-state index in [0.29, 0.717) is 21.7 Å². The van der Waals surface area contributed by atoms with Crippen molar-refractivity contribution in [3.63, 3.8) is 0 Å². The molecule has 3 rings (SSSR count). The molecule has 1 aliphatic carbocycles. The van der Waals surface area contributed by atoms with Crippen molar-refractivity contribution in [3.05, 3.63) is 73.6 Å². The number of Topliss-reactive ketones (excluding diaryl/α,β-unsaturated/α-hetero) is 1. The fraction of sp³-hybridized carbons (Fsp3) is 0.273. The highest BCUT2D eigenvalue weighted by Crippen LogP contribution is 2.42. The molecule has 0 saturated heterocycles. The van der Waals surface area contributed by atoms with Gasteiger partial charge in [-0.3, -0.25) is 13.8 Å². The maximum absolute atomic E-state index is 12.5. The first-order chi connectivity index (χ1) is 15.8. The molecule has 0 fully saturated rings. The van der Waals surface area contributed by atoms with Gasteiger partial charge >= 0.3 is 5.97 Å². The third kappa shape index (κ3) is 5.08. The van der Waals surface area contributed by atoms with Gasteiger partial charge in [-0.2, -0.15) is 4.73 Å². The molecule has 2 aromatic rings. The average Bonchev–Trinajstić information content (AvgIpc) is 2.72. The summed E-state index contributed by atoms with van der Waals surface area (Å²) in [5.74, 6) is -2.02. The van der Waals surface area contributed by atoms with Crippen LogP contribution in [0.25, 0.3) is 0 Å². The molecule has 2 atom stereocenters. The molecule has 0 radical (unpaired) electrons. The summed E-state index contributed by atoms with van der Waals surface area (Å²) in [4.78, 5) is 36.7. The number of hydrogen-bond acceptors (Lipinski definition) is 6. The summed E-state index contributed by atoms with van der Waals surface area (Å²) in [7, 11) is -1.54. The van der Waals surface area contributed by atoms with Crippen molar-refractivity contribution < 1.29 is 28.4 Å². The number of carboxylic acids is 1. The van der Waals surface area contributed by atoms with E-state index in [4.69, 9.17) is 23.2 Å². The first-order valence-corrected chi connectivity index (χ1v) is 12.2. The largest absolute Gasteiger partial charge is 0.619 e. The zero-order valence-corrected chi connectivity index (χ0v) is 20.7. The topological polar surface area (TPSA) is 140 Å². The van der Waals surface area contributed by atoms with Crippen molar-refractivity contribution in [2.45, 2.75) is 26.3 Å². The molecule has 0 saturated carbocycles. The second kappa shape index (κ2) is 9.73. The SMILES string of the molecule is CS(=O)C1=C(N[C@@H](Cc2ccc(NC(=O)c3c(Cl)c[n+]([O-])cc3Cl)cc2)C(=O)O)C(C)(C)C1=O. The van der Waals surface area contributed by atoms with Crippen molar-refractivity contribution in [1.29, 1.82) is 0 Å². The molecule has 1 aromatic carbocycles. The quantitative estimate of drug-likeness (QED) is 0.355. The van der Waals surface area contributed by atoms with Gasteiger partial charge in [0.1, 0.15) is 21.0 Å². The zero-order valence-electron chi connectivity index (χ0n) is 18.3. The lowest BCUT2D eigenvalue weighted by atomic mass is 9.74. The first kappa shape index (κ1) is 25.7. The van der Waals surface area contributed by atoms with Gasteiger partial charge in [-0.05, 0) is 31.5 Å². The third-order valence-electron chi connectivity index (χ3n) is 5.37. The number of hydrogen-bond donors (Lipinski definition) is 3. The number of aliphatic carboxylic acids is 1. The Balaban J connectivity index is 1.74. The molecule has 9 nitrogen and oxygen atoms in total. The first-order valence-electron chi connectivity index (χ1n) is 9.93. The van der Waals surface area contributed by atoms with E-state index in [9.17, 15) is 28.9 Å². The number of ketones is 1. The lowest BCUT2D eigenvalue weighted by Gasteiger charge is -2.39. The summed E-state index contributed by atoms with van der Waals surface area (Å²) in [5.41, 5.74) is 0.421. The summed E-state index contributed by atoms with van der Waals surface area (Å²) in [6, 6.07) is 5.36. The number of carbonyl (C=O) groups is 3. The summed E-state index contributed by atoms with van der Waals surface area (Å²) < 4.78 is 12.3. The average molecular weight is 526 g/mol. The molecule has 34 heavy (non-hydrogen) atoms. The van der Waals surface area contributed by atoms with Crippen molar-refractivity contribution in [3.8, 4) is 0 Å². The van der Waals surface area contributed by atoms with Crippen LogP contribution in [-0.2, 0) is 26.8 Å². The Morgan fingerprint density at radius 1 is 1.18 bits per heavy atom. The van der Waals surface area contributed by atoms with Crippen molar-refractivity contribution in [2.75, 3.05) is 11.6 Å². The number of halogens is 2. The monoisotopic (exact) mass is 525 g/mol. The van der Waals surface area contributed by atoms with Crippen LogP contribution in [0.15, 0.2) is 47.3 Å². The molecular formula is C22H21Cl2N3O6S. The van der Waals surface area contributed by atoms with Crippen molar-refractivity contribution in [1.82, 2.24) is 5.32 Å². The minimum absolute atomic E-state index is 0.0512. The Bertz CT molecular complexity index is 1220. The van der Waals surface area contributed by atoms with Crippen LogP contribution in [0.5, 0.6) is 0 Å². The van der Waals surface area contributed by atoms with Crippen LogP contribution in [0.2, 0.25) is 10.0 Å². The summed E-state index contributed by atoms with van der Waals surface area (Å²) in [6.45, 7) is 3.29. The number of aromatic nitrogens is 1. The van der Waals surface area contributed by atoms with Gasteiger partial charge in [0.25, 0.3) is 5.91 Å². The normalized spacial score (nSPS) is 16.4. The molecule has 3 N–H and O–H groups in total. The molecule has 1 heterocycles. The Labute approximate surface area is 207 Å². The predicted molar refractivity (Wildman–Crippen MR) is 128 cm³/mol. The van der Waals surface area contributed by atoms with Gasteiger partial charge in [-0.25, -0.2) is 4.79 Å². The molecule has 0 aliphatic heterocycles. The Kier molecular flexibility index (Phi) is 7.35. The Morgan fingerprint density at radius 2 is 1.74 bits per heavy atom. The highest BCUT2D eigenvalue weighted by Gasteiger charge is 2.49. The van der Waals surface area contributed by atoms with Crippen molar-refractivity contribution in [2.24, 2.45) is 5.41 Å². The number of allylic oxidation sites excluding steroid dienone is 2. The second-order valence-corrected chi connectivity index (χ2v) is 10.3. The van der Waals surface area contributed by atoms with E-state index in [1.54, 1.807) is 38.1 Å². The van der Waals surface area contributed by atoms with Crippen LogP contribution in [0, 0.1) is 10.6 Å². The van der Waals surface area contributed by atoms with Gasteiger partial charge in [-0.1, -0.05) is 35.3 Å². The third-order valence-corrected chi connectivity index (χ3v) is 6.91. The van der Waals surface area contributed by atoms with Crippen LogP contribution in [0.3, 0.4) is 0 Å². The number of rotatable bonds is 8. The molecule has 1 unspecified atom stereocenters. The van der Waals surface area contributed by atoms with E-state index >= 15 is 0 Å². The number of carbonyl (C=O) groups excluding carboxylic acids is 2. The van der Waals surface area contributed by atoms with E-state index < -0.39 is 34.1 Å². The van der Waals surface area contributed by atoms with Crippen LogP contribution in [0.4, 0.5) is 5.69 Å². The van der Waals surface area contributed by atoms with Gasteiger partial charge in [0.05, 0.1) is 21.8 Å². The smallest absolute Gasteiger partial charge is 0.326 e. The highest BCUT2D eigenvalue weighted by atomic mass is 35.5. The van der Waals surface area contributed by atoms with Crippen LogP contribution in [0.1, 0.15) is 29.8 Å². The molecule has 1 aromatic heterocycles. The summed E-state index contributed by atoms with van der Waals surface area (Å²) in [5, 5.41) is 26.3. The molecule has 0 spiro atoms. The van der Waals surface area contributed by atoms with E-state index in [1.165, 1.54) is 6.26 Å². The highest BCUT2D eigenvalue weighted by molar-refractivity contribution is 7.89. The van der Waals surface area contributed by atoms with Crippen LogP contribution < -0.4 is 15.4 Å². The van der Waals surface area contributed by atoms with Crippen LogP contribution >= 0.6 is 23.2 Å². The number of carboxylic acid groups (broad SMARTS) is 1. The van der Waals surface area contributed by atoms with Gasteiger partial charge < -0.3 is 20.9 Å². The minimum Gasteiger partial charge on any atom is -0.619 e. The number of nitrogens with zero attached hydrogens (tertiary/aromatic N) is 1. The molecule has 12 heteroatoms. The molecule has 1 amide bonds. The Hall–Kier alpha value is -2.95. The summed E-state index contributed by atoms with van der Waals surface area (Å²) >= 11 is 11.9. The van der Waals surface area contributed by atoms with Gasteiger partial charge in [0.15, 0.2) is 18.2 Å². The number of anilines is 1. The maximum atomic E-state index is 12.5. The molecular weight excluding hydrogens is 505 g/mol. The van der Waals surface area contributed by atoms with E-state index in [0.717, 1.165) is 12.4 Å². The molecule has 180 valence electrons. The van der Waals surface area contributed by atoms with Gasteiger partial charge in [0.2, 0.25) is 0 Å². The zero-order chi connectivity index (χ0) is 25.4. The van der Waals surface area contributed by atoms with E-state index in [-0.39, 0.29) is 32.7 Å². The van der Waals surface area contributed by atoms with Crippen molar-refractivity contribution >= 4 is 57.3 Å². The van der Waals surface area contributed by atoms with Gasteiger partial charge in [-0.15, -0.1) is 0 Å². The number of benzene rings is 1. The van der Waals surface area contributed by atoms with E-state index in [2.05, 4.69) is 10.6 Å². The predicted octanol–water partition coefficient (Wildman–Crippen LogP) is 2.66. The Morgan fingerprint density at radius 3 is 2.24 bits per heavy atom. The molecule has 0 bridgehead atoms. The lowest BCUT2D eigenvalue weighted by Crippen LogP contribution is -2.51. The number of nitrogens with one attached hydrogen (secondary N) is 2. The number of pyridine rings is 1. The minimum atomic E-state index is -1.54. The maximum Gasteiger partial charge on any atom is 0.326 e. The van der Waals surface area contributed by atoms with Crippen LogP contribution in [-0.4, -0.2) is 39.3 Å². The lowest BCUT2D eigenvalue weighted by molar-refractivity contribution is -0.605. The van der Waals surface area contributed by atoms with E-state index in [1.807, 2.05) is 0 Å².